The molecule has 1 fully saturated rings. The first kappa shape index (κ1) is 15.5. The van der Waals surface area contributed by atoms with Crippen LogP contribution in [-0.2, 0) is 16.1 Å². The molecule has 1 aromatic carbocycles. The van der Waals surface area contributed by atoms with E-state index in [1.165, 1.54) is 0 Å². The summed E-state index contributed by atoms with van der Waals surface area (Å²) in [5.74, 6) is 0.0858. The number of aryl methyl sites for hydroxylation is 1. The van der Waals surface area contributed by atoms with Gasteiger partial charge in [-0.05, 0) is 30.4 Å². The van der Waals surface area contributed by atoms with Crippen molar-refractivity contribution in [3.63, 3.8) is 0 Å². The van der Waals surface area contributed by atoms with Crippen molar-refractivity contribution in [2.45, 2.75) is 52.7 Å². The number of rotatable bonds is 4. The van der Waals surface area contributed by atoms with E-state index in [0.717, 1.165) is 11.1 Å². The number of piperazine rings is 1. The highest BCUT2D eigenvalue weighted by Crippen LogP contribution is 2.21. The third-order valence-corrected chi connectivity index (χ3v) is 4.18. The molecular formula is C17H24N2O2. The minimum atomic E-state index is -0.413. The normalized spacial score (nSPS) is 22.6. The molecule has 1 aliphatic rings. The van der Waals surface area contributed by atoms with Crippen molar-refractivity contribution in [3.05, 3.63) is 35.4 Å². The zero-order valence-electron chi connectivity index (χ0n) is 13.2. The SMILES string of the molecule is CCC1C(=O)NC(C(C)C)C(=O)N1Cc1ccccc1C. The molecule has 2 atom stereocenters. The number of nitrogens with zero attached hydrogens (tertiary/aromatic N) is 1. The monoisotopic (exact) mass is 288 g/mol. The van der Waals surface area contributed by atoms with Crippen LogP contribution >= 0.6 is 0 Å². The van der Waals surface area contributed by atoms with E-state index in [1.807, 2.05) is 52.0 Å². The van der Waals surface area contributed by atoms with Gasteiger partial charge in [0.15, 0.2) is 0 Å². The molecule has 21 heavy (non-hydrogen) atoms. The Balaban J connectivity index is 2.30. The molecule has 1 saturated heterocycles. The van der Waals surface area contributed by atoms with Crippen molar-refractivity contribution < 1.29 is 9.59 Å². The van der Waals surface area contributed by atoms with Crippen molar-refractivity contribution in [2.75, 3.05) is 0 Å². The average Bonchev–Trinajstić information content (AvgIpc) is 2.44. The summed E-state index contributed by atoms with van der Waals surface area (Å²) in [4.78, 5) is 26.7. The van der Waals surface area contributed by atoms with Gasteiger partial charge in [-0.1, -0.05) is 45.0 Å². The highest BCUT2D eigenvalue weighted by Gasteiger charge is 2.40. The second-order valence-electron chi connectivity index (χ2n) is 6.05. The van der Waals surface area contributed by atoms with E-state index in [1.54, 1.807) is 4.90 Å². The molecule has 0 aromatic heterocycles. The van der Waals surface area contributed by atoms with Crippen LogP contribution in [0.4, 0.5) is 0 Å². The fourth-order valence-electron chi connectivity index (χ4n) is 2.80. The van der Waals surface area contributed by atoms with Gasteiger partial charge in [0.1, 0.15) is 12.1 Å². The Kier molecular flexibility index (Phi) is 4.66. The van der Waals surface area contributed by atoms with Crippen LogP contribution in [0, 0.1) is 12.8 Å². The highest BCUT2D eigenvalue weighted by atomic mass is 16.2. The van der Waals surface area contributed by atoms with Crippen LogP contribution in [-0.4, -0.2) is 28.8 Å². The van der Waals surface area contributed by atoms with E-state index < -0.39 is 6.04 Å². The van der Waals surface area contributed by atoms with Crippen LogP contribution in [0.1, 0.15) is 38.3 Å². The van der Waals surface area contributed by atoms with Gasteiger partial charge in [-0.2, -0.15) is 0 Å². The Morgan fingerprint density at radius 2 is 1.90 bits per heavy atom. The zero-order valence-corrected chi connectivity index (χ0v) is 13.2. The van der Waals surface area contributed by atoms with Gasteiger partial charge >= 0.3 is 0 Å². The molecule has 2 unspecified atom stereocenters. The fraction of sp³-hybridized carbons (Fsp3) is 0.529. The maximum atomic E-state index is 12.7. The molecular weight excluding hydrogens is 264 g/mol. The molecule has 4 heteroatoms. The second-order valence-corrected chi connectivity index (χ2v) is 6.05. The van der Waals surface area contributed by atoms with Gasteiger partial charge in [-0.25, -0.2) is 0 Å². The topological polar surface area (TPSA) is 49.4 Å². The molecule has 0 aliphatic carbocycles. The first-order chi connectivity index (χ1) is 9.95. The van der Waals surface area contributed by atoms with Crippen LogP contribution in [0.25, 0.3) is 0 Å². The molecule has 0 saturated carbocycles. The quantitative estimate of drug-likeness (QED) is 0.924. The number of benzene rings is 1. The van der Waals surface area contributed by atoms with Gasteiger partial charge in [-0.15, -0.1) is 0 Å². The summed E-state index contributed by atoms with van der Waals surface area (Å²) >= 11 is 0. The van der Waals surface area contributed by atoms with E-state index in [2.05, 4.69) is 5.32 Å². The van der Waals surface area contributed by atoms with Gasteiger partial charge in [0, 0.05) is 6.54 Å². The van der Waals surface area contributed by atoms with E-state index in [-0.39, 0.29) is 23.8 Å². The maximum absolute atomic E-state index is 12.7. The van der Waals surface area contributed by atoms with Crippen molar-refractivity contribution >= 4 is 11.8 Å². The van der Waals surface area contributed by atoms with Crippen molar-refractivity contribution in [1.29, 1.82) is 0 Å². The lowest BCUT2D eigenvalue weighted by molar-refractivity contribution is -0.151. The summed E-state index contributed by atoms with van der Waals surface area (Å²) in [5, 5.41) is 2.87. The molecule has 0 spiro atoms. The molecule has 2 amide bonds. The maximum Gasteiger partial charge on any atom is 0.246 e. The van der Waals surface area contributed by atoms with E-state index in [9.17, 15) is 9.59 Å². The molecule has 1 heterocycles. The van der Waals surface area contributed by atoms with Crippen molar-refractivity contribution in [3.8, 4) is 0 Å². The molecule has 1 aliphatic heterocycles. The molecule has 4 nitrogen and oxygen atoms in total. The molecule has 1 N–H and O–H groups in total. The van der Waals surface area contributed by atoms with Gasteiger partial charge in [-0.3, -0.25) is 9.59 Å². The van der Waals surface area contributed by atoms with Crippen LogP contribution in [0.3, 0.4) is 0 Å². The summed E-state index contributed by atoms with van der Waals surface area (Å²) in [5.41, 5.74) is 2.24. The van der Waals surface area contributed by atoms with Crippen LogP contribution in [0.2, 0.25) is 0 Å². The van der Waals surface area contributed by atoms with Crippen LogP contribution in [0.15, 0.2) is 24.3 Å². The molecule has 2 rings (SSSR count). The Hall–Kier alpha value is -1.84. The summed E-state index contributed by atoms with van der Waals surface area (Å²) in [6.07, 6.45) is 0.633. The predicted molar refractivity (Wildman–Crippen MR) is 82.6 cm³/mol. The van der Waals surface area contributed by atoms with E-state index >= 15 is 0 Å². The second kappa shape index (κ2) is 6.29. The number of hydrogen-bond donors (Lipinski definition) is 1. The minimum Gasteiger partial charge on any atom is -0.342 e. The number of carbonyl (C=O) groups excluding carboxylic acids is 2. The zero-order chi connectivity index (χ0) is 15.6. The van der Waals surface area contributed by atoms with Gasteiger partial charge in [0.2, 0.25) is 11.8 Å². The fourth-order valence-corrected chi connectivity index (χ4v) is 2.80. The first-order valence-electron chi connectivity index (χ1n) is 7.61. The smallest absolute Gasteiger partial charge is 0.246 e. The summed E-state index contributed by atoms with van der Waals surface area (Å²) in [6.45, 7) is 8.39. The lowest BCUT2D eigenvalue weighted by Gasteiger charge is -2.40. The third kappa shape index (κ3) is 3.09. The molecule has 0 bridgehead atoms. The minimum absolute atomic E-state index is 0.0275. The Labute approximate surface area is 126 Å². The Bertz CT molecular complexity index is 539. The van der Waals surface area contributed by atoms with E-state index in [0.29, 0.717) is 13.0 Å². The molecule has 0 radical (unpaired) electrons. The summed E-state index contributed by atoms with van der Waals surface area (Å²) in [7, 11) is 0. The molecule has 1 aromatic rings. The largest absolute Gasteiger partial charge is 0.342 e. The Morgan fingerprint density at radius 1 is 1.24 bits per heavy atom. The summed E-state index contributed by atoms with van der Waals surface area (Å²) < 4.78 is 0. The summed E-state index contributed by atoms with van der Waals surface area (Å²) in [6, 6.07) is 7.23. The van der Waals surface area contributed by atoms with Crippen LogP contribution < -0.4 is 5.32 Å². The third-order valence-electron chi connectivity index (χ3n) is 4.18. The van der Waals surface area contributed by atoms with E-state index in [4.69, 9.17) is 0 Å². The number of amides is 2. The van der Waals surface area contributed by atoms with Crippen LogP contribution in [0.5, 0.6) is 0 Å². The first-order valence-corrected chi connectivity index (χ1v) is 7.61. The standard InChI is InChI=1S/C17H24N2O2/c1-5-14-16(20)18-15(11(2)3)17(21)19(14)10-13-9-7-6-8-12(13)4/h6-9,11,14-15H,5,10H2,1-4H3,(H,18,20). The highest BCUT2D eigenvalue weighted by molar-refractivity contribution is 5.97. The number of carbonyl (C=O) groups is 2. The lowest BCUT2D eigenvalue weighted by atomic mass is 9.96. The predicted octanol–water partition coefficient (Wildman–Crippen LogP) is 2.26. The molecule has 114 valence electrons. The number of hydrogen-bond acceptors (Lipinski definition) is 2. The van der Waals surface area contributed by atoms with Gasteiger partial charge in [0.25, 0.3) is 0 Å². The van der Waals surface area contributed by atoms with Crippen molar-refractivity contribution in [1.82, 2.24) is 10.2 Å². The Morgan fingerprint density at radius 3 is 2.48 bits per heavy atom. The van der Waals surface area contributed by atoms with Gasteiger partial charge < -0.3 is 10.2 Å². The van der Waals surface area contributed by atoms with Crippen molar-refractivity contribution in [2.24, 2.45) is 5.92 Å². The average molecular weight is 288 g/mol. The van der Waals surface area contributed by atoms with Gasteiger partial charge in [0.05, 0.1) is 0 Å². The lowest BCUT2D eigenvalue weighted by Crippen LogP contribution is -2.64. The number of nitrogens with one attached hydrogen (secondary N) is 1.